The Kier molecular flexibility index (Phi) is 4.36. The van der Waals surface area contributed by atoms with Gasteiger partial charge in [0.1, 0.15) is 5.60 Å². The van der Waals surface area contributed by atoms with E-state index in [0.717, 1.165) is 11.9 Å². The van der Waals surface area contributed by atoms with E-state index < -0.39 is 21.4 Å². The fraction of sp³-hybridized carbons (Fsp3) is 0.263. The van der Waals surface area contributed by atoms with Gasteiger partial charge in [-0.1, -0.05) is 18.2 Å². The number of esters is 1. The second-order valence-corrected chi connectivity index (χ2v) is 8.64. The van der Waals surface area contributed by atoms with Crippen molar-refractivity contribution in [3.63, 3.8) is 0 Å². The molecule has 0 amide bonds. The van der Waals surface area contributed by atoms with Crippen molar-refractivity contribution < 1.29 is 22.7 Å². The highest BCUT2D eigenvalue weighted by Gasteiger charge is 2.43. The maximum Gasteiger partial charge on any atom is 0.375 e. The van der Waals surface area contributed by atoms with Crippen molar-refractivity contribution in [1.29, 1.82) is 0 Å². The summed E-state index contributed by atoms with van der Waals surface area (Å²) in [6.07, 6.45) is 1.14. The lowest BCUT2D eigenvalue weighted by atomic mass is 9.92. The van der Waals surface area contributed by atoms with E-state index in [0.29, 0.717) is 17.0 Å². The van der Waals surface area contributed by atoms with Crippen molar-refractivity contribution in [2.45, 2.75) is 31.3 Å². The molecular weight excluding hydrogens is 354 g/mol. The maximum absolute atomic E-state index is 12.4. The van der Waals surface area contributed by atoms with Crippen LogP contribution in [0.1, 0.15) is 25.1 Å². The van der Waals surface area contributed by atoms with E-state index >= 15 is 0 Å². The van der Waals surface area contributed by atoms with Crippen molar-refractivity contribution in [2.75, 3.05) is 6.26 Å². The average Bonchev–Trinajstić information content (AvgIpc) is 2.75. The van der Waals surface area contributed by atoms with Crippen LogP contribution >= 0.6 is 0 Å². The zero-order chi connectivity index (χ0) is 19.1. The number of nitrogens with zero attached hydrogens (tertiary/aromatic N) is 1. The number of rotatable bonds is 4. The third-order valence-corrected chi connectivity index (χ3v) is 5.13. The maximum atomic E-state index is 12.4. The van der Waals surface area contributed by atoms with Crippen LogP contribution in [-0.2, 0) is 19.4 Å². The summed E-state index contributed by atoms with van der Waals surface area (Å²) in [5.74, 6) is -0.236. The van der Waals surface area contributed by atoms with Gasteiger partial charge in [-0.25, -0.2) is 18.2 Å². The third kappa shape index (κ3) is 3.48. The summed E-state index contributed by atoms with van der Waals surface area (Å²) < 4.78 is 34.5. The molecule has 0 saturated carbocycles. The van der Waals surface area contributed by atoms with E-state index in [1.54, 1.807) is 38.1 Å². The van der Waals surface area contributed by atoms with Crippen LogP contribution < -0.4 is 4.74 Å². The number of hydrogen-bond donors (Lipinski definition) is 0. The molecule has 1 aromatic heterocycles. The fourth-order valence-corrected chi connectivity index (χ4v) is 3.45. The predicted octanol–water partition coefficient (Wildman–Crippen LogP) is 2.92. The number of carbonyl (C=O) groups is 1. The topological polar surface area (TPSA) is 82.6 Å². The Morgan fingerprint density at radius 1 is 1.08 bits per heavy atom. The number of carbonyl (C=O) groups excluding carboxylic acids is 1. The van der Waals surface area contributed by atoms with Gasteiger partial charge in [0.2, 0.25) is 11.6 Å². The van der Waals surface area contributed by atoms with E-state index in [-0.39, 0.29) is 10.7 Å². The summed E-state index contributed by atoms with van der Waals surface area (Å²) in [7, 11) is -3.30. The Balaban J connectivity index is 2.09. The van der Waals surface area contributed by atoms with Gasteiger partial charge in [0.25, 0.3) is 0 Å². The molecule has 0 fully saturated rings. The summed E-state index contributed by atoms with van der Waals surface area (Å²) in [4.78, 5) is 16.8. The van der Waals surface area contributed by atoms with Crippen molar-refractivity contribution in [2.24, 2.45) is 0 Å². The van der Waals surface area contributed by atoms with E-state index in [4.69, 9.17) is 9.47 Å². The van der Waals surface area contributed by atoms with Gasteiger partial charge >= 0.3 is 5.97 Å². The first-order valence-electron chi connectivity index (χ1n) is 7.98. The molecule has 1 aliphatic heterocycles. The van der Waals surface area contributed by atoms with Gasteiger partial charge in [-0.05, 0) is 44.5 Å². The van der Waals surface area contributed by atoms with Crippen LogP contribution in [0.3, 0.4) is 0 Å². The standard InChI is InChI=1S/C19H19NO5S/c1-12-6-5-7-15(20-12)24-17-16(19(2,3)25-18(17)21)13-8-10-14(11-9-13)26(4,22)23/h5-11H,1-4H3. The second kappa shape index (κ2) is 6.25. The molecule has 1 aliphatic rings. The summed E-state index contributed by atoms with van der Waals surface area (Å²) in [6.45, 7) is 5.33. The van der Waals surface area contributed by atoms with Gasteiger partial charge in [0, 0.05) is 18.0 Å². The predicted molar refractivity (Wildman–Crippen MR) is 96.2 cm³/mol. The zero-order valence-corrected chi connectivity index (χ0v) is 15.8. The number of hydrogen-bond acceptors (Lipinski definition) is 6. The van der Waals surface area contributed by atoms with E-state index in [2.05, 4.69) is 4.98 Å². The van der Waals surface area contributed by atoms with Crippen molar-refractivity contribution in [3.8, 4) is 5.88 Å². The van der Waals surface area contributed by atoms with Gasteiger partial charge in [-0.15, -0.1) is 0 Å². The Bertz CT molecular complexity index is 1000. The average molecular weight is 373 g/mol. The molecule has 0 radical (unpaired) electrons. The SMILES string of the molecule is Cc1cccc(OC2=C(c3ccc(S(C)(=O)=O)cc3)C(C)(C)OC2=O)n1. The van der Waals surface area contributed by atoms with Crippen molar-refractivity contribution >= 4 is 21.4 Å². The van der Waals surface area contributed by atoms with Crippen LogP contribution in [0.5, 0.6) is 5.88 Å². The van der Waals surface area contributed by atoms with Crippen LogP contribution in [0.4, 0.5) is 0 Å². The van der Waals surface area contributed by atoms with Gasteiger partial charge in [0.15, 0.2) is 9.84 Å². The largest absolute Gasteiger partial charge is 0.449 e. The molecular formula is C19H19NO5S. The highest BCUT2D eigenvalue weighted by Crippen LogP contribution is 2.40. The Morgan fingerprint density at radius 2 is 1.73 bits per heavy atom. The van der Waals surface area contributed by atoms with Crippen LogP contribution in [0.2, 0.25) is 0 Å². The Labute approximate surface area is 152 Å². The van der Waals surface area contributed by atoms with Crippen molar-refractivity contribution in [3.05, 3.63) is 59.5 Å². The van der Waals surface area contributed by atoms with Crippen LogP contribution in [0.25, 0.3) is 5.57 Å². The molecule has 7 heteroatoms. The van der Waals surface area contributed by atoms with Crippen LogP contribution in [0.15, 0.2) is 53.1 Å². The third-order valence-electron chi connectivity index (χ3n) is 4.00. The quantitative estimate of drug-likeness (QED) is 0.767. The van der Waals surface area contributed by atoms with Gasteiger partial charge in [0.05, 0.1) is 10.5 Å². The van der Waals surface area contributed by atoms with Gasteiger partial charge in [-0.3, -0.25) is 0 Å². The van der Waals surface area contributed by atoms with Crippen LogP contribution in [-0.4, -0.2) is 31.2 Å². The first-order valence-corrected chi connectivity index (χ1v) is 9.87. The first-order chi connectivity index (χ1) is 12.1. The molecule has 1 aromatic carbocycles. The lowest BCUT2D eigenvalue weighted by Crippen LogP contribution is -2.22. The minimum Gasteiger partial charge on any atom is -0.449 e. The van der Waals surface area contributed by atoms with Crippen LogP contribution in [0, 0.1) is 6.92 Å². The monoisotopic (exact) mass is 373 g/mol. The van der Waals surface area contributed by atoms with E-state index in [1.165, 1.54) is 12.1 Å². The fourth-order valence-electron chi connectivity index (χ4n) is 2.82. The minimum absolute atomic E-state index is 0.0557. The lowest BCUT2D eigenvalue weighted by molar-refractivity contribution is -0.145. The molecule has 26 heavy (non-hydrogen) atoms. The second-order valence-electron chi connectivity index (χ2n) is 6.62. The molecule has 3 rings (SSSR count). The highest BCUT2D eigenvalue weighted by atomic mass is 32.2. The van der Waals surface area contributed by atoms with E-state index in [1.807, 2.05) is 13.0 Å². The van der Waals surface area contributed by atoms with Crippen molar-refractivity contribution in [1.82, 2.24) is 4.98 Å². The summed E-state index contributed by atoms with van der Waals surface area (Å²) >= 11 is 0. The summed E-state index contributed by atoms with van der Waals surface area (Å²) in [5, 5.41) is 0. The number of ether oxygens (including phenoxy) is 2. The molecule has 0 atom stereocenters. The minimum atomic E-state index is -3.30. The molecule has 0 unspecified atom stereocenters. The molecule has 0 N–H and O–H groups in total. The number of aryl methyl sites for hydroxylation is 1. The lowest BCUT2D eigenvalue weighted by Gasteiger charge is -2.21. The normalized spacial score (nSPS) is 16.5. The Morgan fingerprint density at radius 3 is 2.31 bits per heavy atom. The molecule has 0 saturated heterocycles. The number of aromatic nitrogens is 1. The smallest absolute Gasteiger partial charge is 0.375 e. The number of sulfone groups is 1. The molecule has 136 valence electrons. The van der Waals surface area contributed by atoms with E-state index in [9.17, 15) is 13.2 Å². The number of benzene rings is 1. The summed E-state index contributed by atoms with van der Waals surface area (Å²) in [5.41, 5.74) is 1.04. The first kappa shape index (κ1) is 18.1. The molecule has 0 bridgehead atoms. The Hall–Kier alpha value is -2.67. The highest BCUT2D eigenvalue weighted by molar-refractivity contribution is 7.90. The molecule has 6 nitrogen and oxygen atoms in total. The molecule has 2 aromatic rings. The molecule has 0 aliphatic carbocycles. The van der Waals surface area contributed by atoms with Gasteiger partial charge in [-0.2, -0.15) is 0 Å². The number of cyclic esters (lactones) is 1. The molecule has 2 heterocycles. The molecule has 0 spiro atoms. The zero-order valence-electron chi connectivity index (χ0n) is 14.9. The number of pyridine rings is 1. The summed E-state index contributed by atoms with van der Waals surface area (Å²) in [6, 6.07) is 11.5. The van der Waals surface area contributed by atoms with Gasteiger partial charge < -0.3 is 9.47 Å².